The molecule has 0 spiro atoms. The second-order valence-corrected chi connectivity index (χ2v) is 13.0. The summed E-state index contributed by atoms with van der Waals surface area (Å²) < 4.78 is 5.34. The van der Waals surface area contributed by atoms with Crippen LogP contribution in [0.3, 0.4) is 0 Å². The van der Waals surface area contributed by atoms with Crippen molar-refractivity contribution in [2.45, 2.75) is 10.1 Å². The van der Waals surface area contributed by atoms with E-state index in [0.717, 1.165) is 33.0 Å². The number of aromatic nitrogens is 1. The van der Waals surface area contributed by atoms with Crippen LogP contribution in [0.4, 0.5) is 10.8 Å². The Hall–Kier alpha value is -5.97. The van der Waals surface area contributed by atoms with Crippen molar-refractivity contribution in [3.8, 4) is 17.0 Å². The lowest BCUT2D eigenvalue weighted by Crippen LogP contribution is -2.30. The lowest BCUT2D eigenvalue weighted by Gasteiger charge is -2.17. The molecule has 1 unspecified atom stereocenters. The van der Waals surface area contributed by atoms with E-state index >= 15 is 0 Å². The van der Waals surface area contributed by atoms with E-state index in [-0.39, 0.29) is 11.6 Å². The van der Waals surface area contributed by atoms with Crippen molar-refractivity contribution in [1.29, 1.82) is 0 Å². The molecule has 1 atom stereocenters. The molecular formula is C40H32N4O4S2. The van der Waals surface area contributed by atoms with E-state index < -0.39 is 17.1 Å². The molecular weight excluding hydrogens is 665 g/mol. The lowest BCUT2D eigenvalue weighted by molar-refractivity contribution is -0.116. The molecule has 8 nitrogen and oxygen atoms in total. The van der Waals surface area contributed by atoms with Crippen LogP contribution in [0.1, 0.15) is 26.7 Å². The fourth-order valence-corrected chi connectivity index (χ4v) is 6.67. The van der Waals surface area contributed by atoms with E-state index in [9.17, 15) is 14.4 Å². The normalized spacial score (nSPS) is 11.7. The highest BCUT2D eigenvalue weighted by Gasteiger charge is 2.24. The molecule has 3 amide bonds. The second kappa shape index (κ2) is 16.4. The number of anilines is 2. The van der Waals surface area contributed by atoms with Gasteiger partial charge >= 0.3 is 0 Å². The van der Waals surface area contributed by atoms with Crippen molar-refractivity contribution in [2.75, 3.05) is 17.7 Å². The van der Waals surface area contributed by atoms with Gasteiger partial charge in [-0.05, 0) is 65.7 Å². The van der Waals surface area contributed by atoms with Crippen molar-refractivity contribution in [1.82, 2.24) is 10.3 Å². The Kier molecular flexibility index (Phi) is 11.1. The molecule has 0 saturated carbocycles. The SMILES string of the molecule is COc1cccc(-c2csc(NC(=O)C(Sc3ccc(NC(=O)/C(=C/c4ccccc4)NC(=O)c4ccccc4)cc3)c3ccccc3)n2)c1. The van der Waals surface area contributed by atoms with Crippen molar-refractivity contribution >= 4 is 57.7 Å². The average Bonchev–Trinajstić information content (AvgIpc) is 3.63. The van der Waals surface area contributed by atoms with Gasteiger partial charge in [-0.3, -0.25) is 14.4 Å². The standard InChI is InChI=1S/C40H32N4O4S2/c1-48-32-19-11-18-30(25-32)35-26-49-40(43-35)44-39(47)36(28-14-7-3-8-15-28)50-33-22-20-31(21-23-33)41-38(46)34(24-27-12-5-2-6-13-27)42-37(45)29-16-9-4-10-17-29/h2-26,36H,1H3,(H,41,46)(H,42,45)(H,43,44,47)/b34-24-. The van der Waals surface area contributed by atoms with E-state index in [0.29, 0.717) is 16.4 Å². The third kappa shape index (κ3) is 8.93. The van der Waals surface area contributed by atoms with E-state index in [4.69, 9.17) is 4.74 Å². The summed E-state index contributed by atoms with van der Waals surface area (Å²) in [6.07, 6.45) is 1.63. The maximum atomic E-state index is 13.7. The molecule has 5 aromatic carbocycles. The van der Waals surface area contributed by atoms with Gasteiger partial charge in [0.25, 0.3) is 11.8 Å². The summed E-state index contributed by atoms with van der Waals surface area (Å²) in [5.41, 5.74) is 4.29. The molecule has 10 heteroatoms. The molecule has 0 aliphatic carbocycles. The number of rotatable bonds is 12. The minimum atomic E-state index is -0.575. The van der Waals surface area contributed by atoms with Gasteiger partial charge in [0, 0.05) is 27.1 Å². The maximum Gasteiger partial charge on any atom is 0.272 e. The van der Waals surface area contributed by atoms with Crippen LogP contribution in [0.2, 0.25) is 0 Å². The van der Waals surface area contributed by atoms with Crippen LogP contribution in [0.5, 0.6) is 5.75 Å². The number of amides is 3. The molecule has 0 saturated heterocycles. The van der Waals surface area contributed by atoms with E-state index in [1.807, 2.05) is 109 Å². The number of hydrogen-bond acceptors (Lipinski definition) is 7. The van der Waals surface area contributed by atoms with Crippen molar-refractivity contribution in [2.24, 2.45) is 0 Å². The second-order valence-electron chi connectivity index (χ2n) is 10.9. The molecule has 6 aromatic rings. The van der Waals surface area contributed by atoms with E-state index in [1.54, 1.807) is 49.6 Å². The summed E-state index contributed by atoms with van der Waals surface area (Å²) in [6, 6.07) is 42.4. The number of carbonyl (C=O) groups excluding carboxylic acids is 3. The minimum absolute atomic E-state index is 0.0982. The fraction of sp³-hybridized carbons (Fsp3) is 0.0500. The molecule has 3 N–H and O–H groups in total. The zero-order valence-electron chi connectivity index (χ0n) is 26.9. The van der Waals surface area contributed by atoms with Gasteiger partial charge in [0.2, 0.25) is 5.91 Å². The third-order valence-corrected chi connectivity index (χ3v) is 9.47. The monoisotopic (exact) mass is 696 g/mol. The number of thiazole rings is 1. The van der Waals surface area contributed by atoms with Gasteiger partial charge in [-0.15, -0.1) is 23.1 Å². The Labute approximate surface area is 298 Å². The Morgan fingerprint density at radius 3 is 2.16 bits per heavy atom. The predicted octanol–water partition coefficient (Wildman–Crippen LogP) is 8.70. The number of thioether (sulfide) groups is 1. The molecule has 0 aliphatic rings. The van der Waals surface area contributed by atoms with Crippen LogP contribution < -0.4 is 20.7 Å². The molecule has 0 radical (unpaired) electrons. The van der Waals surface area contributed by atoms with Gasteiger partial charge in [0.1, 0.15) is 16.7 Å². The summed E-state index contributed by atoms with van der Waals surface area (Å²) in [7, 11) is 1.62. The maximum absolute atomic E-state index is 13.7. The molecule has 0 fully saturated rings. The number of methoxy groups -OCH3 is 1. The number of nitrogens with one attached hydrogen (secondary N) is 3. The molecule has 50 heavy (non-hydrogen) atoms. The van der Waals surface area contributed by atoms with Crippen LogP contribution in [0, 0.1) is 0 Å². The molecule has 6 rings (SSSR count). The molecule has 0 bridgehead atoms. The van der Waals surface area contributed by atoms with Gasteiger partial charge in [-0.1, -0.05) is 91.0 Å². The topological polar surface area (TPSA) is 109 Å². The van der Waals surface area contributed by atoms with Gasteiger partial charge in [0.15, 0.2) is 5.13 Å². The van der Waals surface area contributed by atoms with Crippen LogP contribution in [-0.4, -0.2) is 29.8 Å². The van der Waals surface area contributed by atoms with E-state index in [2.05, 4.69) is 20.9 Å². The van der Waals surface area contributed by atoms with Gasteiger partial charge < -0.3 is 20.7 Å². The minimum Gasteiger partial charge on any atom is -0.497 e. The first-order valence-electron chi connectivity index (χ1n) is 15.6. The Balaban J connectivity index is 1.16. The first kappa shape index (κ1) is 33.9. The number of nitrogens with zero attached hydrogens (tertiary/aromatic N) is 1. The zero-order valence-corrected chi connectivity index (χ0v) is 28.5. The quantitative estimate of drug-likeness (QED) is 0.0873. The number of carbonyl (C=O) groups is 3. The van der Waals surface area contributed by atoms with E-state index in [1.165, 1.54) is 23.1 Å². The first-order valence-corrected chi connectivity index (χ1v) is 17.4. The van der Waals surface area contributed by atoms with Crippen LogP contribution in [-0.2, 0) is 9.59 Å². The Bertz CT molecular complexity index is 2100. The summed E-state index contributed by atoms with van der Waals surface area (Å²) in [4.78, 5) is 45.6. The van der Waals surface area contributed by atoms with Crippen LogP contribution in [0.25, 0.3) is 17.3 Å². The molecule has 0 aliphatic heterocycles. The molecule has 248 valence electrons. The number of hydrogen-bond donors (Lipinski definition) is 3. The van der Waals surface area contributed by atoms with Crippen molar-refractivity contribution in [3.63, 3.8) is 0 Å². The fourth-order valence-electron chi connectivity index (χ4n) is 4.93. The molecule has 1 heterocycles. The van der Waals surface area contributed by atoms with Crippen molar-refractivity contribution in [3.05, 3.63) is 167 Å². The molecule has 1 aromatic heterocycles. The van der Waals surface area contributed by atoms with Gasteiger partial charge in [-0.25, -0.2) is 4.98 Å². The van der Waals surface area contributed by atoms with Crippen molar-refractivity contribution < 1.29 is 19.1 Å². The summed E-state index contributed by atoms with van der Waals surface area (Å²) >= 11 is 2.74. The van der Waals surface area contributed by atoms with Crippen LogP contribution in [0.15, 0.2) is 155 Å². The van der Waals surface area contributed by atoms with Gasteiger partial charge in [0.05, 0.1) is 12.8 Å². The predicted molar refractivity (Wildman–Crippen MR) is 201 cm³/mol. The summed E-state index contributed by atoms with van der Waals surface area (Å²) in [5, 5.41) is 10.5. The highest BCUT2D eigenvalue weighted by Crippen LogP contribution is 2.37. The smallest absolute Gasteiger partial charge is 0.272 e. The number of ether oxygens (including phenoxy) is 1. The third-order valence-electron chi connectivity index (χ3n) is 7.45. The first-order chi connectivity index (χ1) is 24.4. The Morgan fingerprint density at radius 1 is 0.780 bits per heavy atom. The lowest BCUT2D eigenvalue weighted by atomic mass is 10.1. The average molecular weight is 697 g/mol. The van der Waals surface area contributed by atoms with Gasteiger partial charge in [-0.2, -0.15) is 0 Å². The van der Waals surface area contributed by atoms with Crippen LogP contribution >= 0.6 is 23.1 Å². The highest BCUT2D eigenvalue weighted by atomic mass is 32.2. The number of benzene rings is 5. The Morgan fingerprint density at radius 2 is 1.46 bits per heavy atom. The summed E-state index contributed by atoms with van der Waals surface area (Å²) in [5.74, 6) is -0.355. The zero-order chi connectivity index (χ0) is 34.7. The largest absolute Gasteiger partial charge is 0.497 e. The highest BCUT2D eigenvalue weighted by molar-refractivity contribution is 8.00. The summed E-state index contributed by atoms with van der Waals surface area (Å²) in [6.45, 7) is 0.